The molecular formula is C20H26N4O4. The van der Waals surface area contributed by atoms with E-state index in [1.54, 1.807) is 7.05 Å². The predicted molar refractivity (Wildman–Crippen MR) is 102 cm³/mol. The molecule has 1 aromatic rings. The Labute approximate surface area is 164 Å². The maximum atomic E-state index is 12.9. The molecule has 2 fully saturated rings. The van der Waals surface area contributed by atoms with Crippen molar-refractivity contribution in [2.45, 2.75) is 50.1 Å². The monoisotopic (exact) mass is 386 g/mol. The van der Waals surface area contributed by atoms with E-state index in [1.807, 2.05) is 30.3 Å². The van der Waals surface area contributed by atoms with Crippen LogP contribution in [0.1, 0.15) is 37.7 Å². The van der Waals surface area contributed by atoms with E-state index in [0.717, 1.165) is 29.7 Å². The lowest BCUT2D eigenvalue weighted by atomic mass is 9.81. The first-order chi connectivity index (χ1) is 13.3. The molecule has 1 aromatic carbocycles. The van der Waals surface area contributed by atoms with Gasteiger partial charge in [-0.1, -0.05) is 49.6 Å². The molecule has 1 aliphatic carbocycles. The van der Waals surface area contributed by atoms with Crippen molar-refractivity contribution in [3.05, 3.63) is 35.9 Å². The Morgan fingerprint density at radius 1 is 1.14 bits per heavy atom. The zero-order valence-electron chi connectivity index (χ0n) is 16.0. The summed E-state index contributed by atoms with van der Waals surface area (Å²) in [6.45, 7) is -0.414. The molecule has 1 aliphatic heterocycles. The van der Waals surface area contributed by atoms with Gasteiger partial charge in [0.2, 0.25) is 11.8 Å². The van der Waals surface area contributed by atoms with Crippen molar-refractivity contribution >= 4 is 23.8 Å². The number of nitrogens with zero attached hydrogens (tertiary/aromatic N) is 2. The van der Waals surface area contributed by atoms with E-state index in [4.69, 9.17) is 5.73 Å². The van der Waals surface area contributed by atoms with E-state index in [-0.39, 0.29) is 12.3 Å². The van der Waals surface area contributed by atoms with Gasteiger partial charge in [0.25, 0.3) is 5.91 Å². The van der Waals surface area contributed by atoms with Gasteiger partial charge in [0, 0.05) is 13.5 Å². The summed E-state index contributed by atoms with van der Waals surface area (Å²) in [5, 5.41) is 2.56. The van der Waals surface area contributed by atoms with E-state index >= 15 is 0 Å². The second kappa shape index (κ2) is 8.00. The van der Waals surface area contributed by atoms with E-state index in [1.165, 1.54) is 4.90 Å². The number of hydrogen-bond acceptors (Lipinski definition) is 4. The number of carbonyl (C=O) groups is 4. The molecule has 1 saturated carbocycles. The number of amides is 5. The molecule has 28 heavy (non-hydrogen) atoms. The van der Waals surface area contributed by atoms with Crippen LogP contribution >= 0.6 is 0 Å². The van der Waals surface area contributed by atoms with Gasteiger partial charge in [0.05, 0.1) is 0 Å². The second-order valence-electron chi connectivity index (χ2n) is 7.54. The number of primary amides is 1. The summed E-state index contributed by atoms with van der Waals surface area (Å²) < 4.78 is 0. The first-order valence-electron chi connectivity index (χ1n) is 9.57. The van der Waals surface area contributed by atoms with Crippen molar-refractivity contribution in [3.63, 3.8) is 0 Å². The molecule has 1 heterocycles. The molecule has 1 saturated heterocycles. The van der Waals surface area contributed by atoms with Crippen LogP contribution in [0.25, 0.3) is 0 Å². The number of urea groups is 1. The number of rotatable bonds is 6. The molecule has 3 N–H and O–H groups in total. The highest BCUT2D eigenvalue weighted by Gasteiger charge is 2.55. The topological polar surface area (TPSA) is 113 Å². The minimum Gasteiger partial charge on any atom is -0.368 e. The van der Waals surface area contributed by atoms with Crippen molar-refractivity contribution in [2.24, 2.45) is 5.73 Å². The second-order valence-corrected chi connectivity index (χ2v) is 7.54. The van der Waals surface area contributed by atoms with Crippen molar-refractivity contribution in [3.8, 4) is 0 Å². The molecule has 8 heteroatoms. The molecule has 150 valence electrons. The Kier molecular flexibility index (Phi) is 5.67. The maximum absolute atomic E-state index is 12.9. The van der Waals surface area contributed by atoms with E-state index in [2.05, 4.69) is 5.32 Å². The number of carbonyl (C=O) groups excluding carboxylic acids is 4. The van der Waals surface area contributed by atoms with Crippen molar-refractivity contribution < 1.29 is 19.2 Å². The van der Waals surface area contributed by atoms with Crippen molar-refractivity contribution in [1.29, 1.82) is 0 Å². The molecule has 1 spiro atoms. The third kappa shape index (κ3) is 3.72. The van der Waals surface area contributed by atoms with Crippen LogP contribution in [0.15, 0.2) is 30.3 Å². The number of likely N-dealkylation sites (N-methyl/N-ethyl adjacent to an activating group) is 1. The quantitative estimate of drug-likeness (QED) is 0.704. The standard InChI is InChI=1S/C20H26N4O4/c1-23-19(28)24(18(27)20(23)10-6-3-7-11-20)13-16(25)22-15(17(21)26)12-14-8-4-2-5-9-14/h2,4-5,8-9,15H,3,6-7,10-13H2,1H3,(H2,21,26)(H,22,25). The summed E-state index contributed by atoms with van der Waals surface area (Å²) in [7, 11) is 1.62. The highest BCUT2D eigenvalue weighted by molar-refractivity contribution is 6.09. The molecule has 0 bridgehead atoms. The number of imide groups is 1. The van der Waals surface area contributed by atoms with Crippen LogP contribution in [0, 0.1) is 0 Å². The predicted octanol–water partition coefficient (Wildman–Crippen LogP) is 0.796. The SMILES string of the molecule is CN1C(=O)N(CC(=O)NC(Cc2ccccc2)C(N)=O)C(=O)C12CCCCC2. The fourth-order valence-electron chi connectivity index (χ4n) is 4.13. The number of benzene rings is 1. The fourth-order valence-corrected chi connectivity index (χ4v) is 4.13. The summed E-state index contributed by atoms with van der Waals surface area (Å²) in [5.41, 5.74) is 5.44. The molecule has 2 aliphatic rings. The first-order valence-corrected chi connectivity index (χ1v) is 9.57. The zero-order chi connectivity index (χ0) is 20.3. The summed E-state index contributed by atoms with van der Waals surface area (Å²) >= 11 is 0. The summed E-state index contributed by atoms with van der Waals surface area (Å²) in [4.78, 5) is 52.2. The van der Waals surface area contributed by atoms with Gasteiger partial charge in [0.15, 0.2) is 0 Å². The maximum Gasteiger partial charge on any atom is 0.327 e. The Bertz CT molecular complexity index is 774. The van der Waals surface area contributed by atoms with E-state index < -0.39 is 36.0 Å². The molecule has 1 atom stereocenters. The number of hydrogen-bond donors (Lipinski definition) is 2. The van der Waals surface area contributed by atoms with E-state index in [0.29, 0.717) is 12.8 Å². The summed E-state index contributed by atoms with van der Waals surface area (Å²) in [6.07, 6.45) is 4.27. The minimum atomic E-state index is -0.913. The van der Waals surface area contributed by atoms with Crippen molar-refractivity contribution in [2.75, 3.05) is 13.6 Å². The Morgan fingerprint density at radius 3 is 2.39 bits per heavy atom. The highest BCUT2D eigenvalue weighted by Crippen LogP contribution is 2.39. The molecule has 1 unspecified atom stereocenters. The third-order valence-electron chi connectivity index (χ3n) is 5.75. The fraction of sp³-hybridized carbons (Fsp3) is 0.500. The zero-order valence-corrected chi connectivity index (χ0v) is 16.0. The van der Waals surface area contributed by atoms with Gasteiger partial charge >= 0.3 is 6.03 Å². The van der Waals surface area contributed by atoms with Crippen molar-refractivity contribution in [1.82, 2.24) is 15.1 Å². The average molecular weight is 386 g/mol. The Hall–Kier alpha value is -2.90. The van der Waals surface area contributed by atoms with Crippen LogP contribution in [0.4, 0.5) is 4.79 Å². The molecule has 8 nitrogen and oxygen atoms in total. The lowest BCUT2D eigenvalue weighted by Gasteiger charge is -2.35. The number of nitrogens with two attached hydrogens (primary N) is 1. The first kappa shape index (κ1) is 19.9. The van der Waals surface area contributed by atoms with Gasteiger partial charge < -0.3 is 16.0 Å². The van der Waals surface area contributed by atoms with Gasteiger partial charge in [0.1, 0.15) is 18.1 Å². The van der Waals surface area contributed by atoms with Crippen LogP contribution in [0.2, 0.25) is 0 Å². The van der Waals surface area contributed by atoms with Crippen LogP contribution in [0.5, 0.6) is 0 Å². The Balaban J connectivity index is 1.67. The molecule has 3 rings (SSSR count). The smallest absolute Gasteiger partial charge is 0.327 e. The molecule has 0 radical (unpaired) electrons. The highest BCUT2D eigenvalue weighted by atomic mass is 16.2. The summed E-state index contributed by atoms with van der Waals surface area (Å²) in [5.74, 6) is -1.58. The van der Waals surface area contributed by atoms with Crippen LogP contribution in [0.3, 0.4) is 0 Å². The van der Waals surface area contributed by atoms with Gasteiger partial charge in [-0.3, -0.25) is 19.3 Å². The van der Waals surface area contributed by atoms with Gasteiger partial charge in [-0.05, 0) is 18.4 Å². The molecule has 0 aromatic heterocycles. The summed E-state index contributed by atoms with van der Waals surface area (Å²) in [6, 6.07) is 7.79. The normalized spacial score (nSPS) is 19.8. The van der Waals surface area contributed by atoms with Crippen LogP contribution in [-0.2, 0) is 20.8 Å². The largest absolute Gasteiger partial charge is 0.368 e. The lowest BCUT2D eigenvalue weighted by Crippen LogP contribution is -2.51. The van der Waals surface area contributed by atoms with Gasteiger partial charge in [-0.15, -0.1) is 0 Å². The lowest BCUT2D eigenvalue weighted by molar-refractivity contribution is -0.137. The molecule has 5 amide bonds. The Morgan fingerprint density at radius 2 is 1.79 bits per heavy atom. The molecular weight excluding hydrogens is 360 g/mol. The van der Waals surface area contributed by atoms with Gasteiger partial charge in [-0.2, -0.15) is 0 Å². The average Bonchev–Trinajstić information content (AvgIpc) is 2.85. The number of nitrogens with one attached hydrogen (secondary N) is 1. The van der Waals surface area contributed by atoms with E-state index in [9.17, 15) is 19.2 Å². The van der Waals surface area contributed by atoms with Crippen LogP contribution < -0.4 is 11.1 Å². The van der Waals surface area contributed by atoms with Gasteiger partial charge in [-0.25, -0.2) is 4.79 Å². The third-order valence-corrected chi connectivity index (χ3v) is 5.75. The minimum absolute atomic E-state index is 0.244. The van der Waals surface area contributed by atoms with Crippen LogP contribution in [-0.4, -0.2) is 58.7 Å².